The maximum absolute atomic E-state index is 14.2. The number of H-pyrrole nitrogens is 1. The number of aromatic nitrogens is 1. The molecule has 4 aromatic carbocycles. The molecule has 4 amide bonds. The molecule has 0 saturated carbocycles. The van der Waals surface area contributed by atoms with Crippen LogP contribution in [-0.4, -0.2) is 65.2 Å². The molecule has 1 heterocycles. The first kappa shape index (κ1) is 32.9. The molecule has 5 rings (SSSR count). The van der Waals surface area contributed by atoms with Crippen molar-refractivity contribution in [3.8, 4) is 0 Å². The Morgan fingerprint density at radius 1 is 0.745 bits per heavy atom. The predicted octanol–water partition coefficient (Wildman–Crippen LogP) is 2.98. The average Bonchev–Trinajstić information content (AvgIpc) is 3.49. The number of fused-ring (bicyclic) bond motifs is 2. The molecule has 10 heteroatoms. The summed E-state index contributed by atoms with van der Waals surface area (Å²) in [5.74, 6) is -2.06. The van der Waals surface area contributed by atoms with Crippen LogP contribution in [0.1, 0.15) is 23.1 Å². The van der Waals surface area contributed by atoms with Gasteiger partial charge in [0, 0.05) is 56.4 Å². The second-order valence-corrected chi connectivity index (χ2v) is 11.7. The lowest BCUT2D eigenvalue weighted by Crippen LogP contribution is -2.58. The largest absolute Gasteiger partial charge is 0.368 e. The number of nitrogens with two attached hydrogens (primary N) is 2. The van der Waals surface area contributed by atoms with Crippen molar-refractivity contribution in [3.63, 3.8) is 0 Å². The van der Waals surface area contributed by atoms with Crippen molar-refractivity contribution in [3.05, 3.63) is 120 Å². The van der Waals surface area contributed by atoms with E-state index < -0.39 is 35.8 Å². The van der Waals surface area contributed by atoms with Gasteiger partial charge in [-0.3, -0.25) is 19.2 Å². The SMILES string of the molecule is CN(C(=O)CCN)[C@H](Cc1ccc2ccccc2c1)C(=O)N[C@H](Cc1c[nH]c2ccccc12)C(=O)N[C@@H](Cc1ccccc1)C(N)=O. The zero-order valence-electron chi connectivity index (χ0n) is 26.3. The fourth-order valence-corrected chi connectivity index (χ4v) is 5.81. The quantitative estimate of drug-likeness (QED) is 0.127. The van der Waals surface area contributed by atoms with Crippen LogP contribution in [0.3, 0.4) is 0 Å². The maximum atomic E-state index is 14.2. The smallest absolute Gasteiger partial charge is 0.243 e. The molecule has 0 aliphatic carbocycles. The summed E-state index contributed by atoms with van der Waals surface area (Å²) in [6, 6.07) is 27.7. The zero-order chi connectivity index (χ0) is 33.3. The number of nitrogens with zero attached hydrogens (tertiary/aromatic N) is 1. The molecule has 0 spiro atoms. The minimum atomic E-state index is -1.09. The van der Waals surface area contributed by atoms with E-state index in [0.717, 1.165) is 38.4 Å². The molecule has 0 unspecified atom stereocenters. The van der Waals surface area contributed by atoms with Crippen molar-refractivity contribution < 1.29 is 19.2 Å². The van der Waals surface area contributed by atoms with E-state index in [4.69, 9.17) is 11.5 Å². The lowest BCUT2D eigenvalue weighted by molar-refractivity contribution is -0.140. The third kappa shape index (κ3) is 8.22. The highest BCUT2D eigenvalue weighted by molar-refractivity contribution is 5.95. The molecule has 0 aliphatic heterocycles. The third-order valence-electron chi connectivity index (χ3n) is 8.44. The fourth-order valence-electron chi connectivity index (χ4n) is 5.81. The Labute approximate surface area is 273 Å². The first-order valence-electron chi connectivity index (χ1n) is 15.7. The van der Waals surface area contributed by atoms with Crippen molar-refractivity contribution in [1.82, 2.24) is 20.5 Å². The predicted molar refractivity (Wildman–Crippen MR) is 183 cm³/mol. The van der Waals surface area contributed by atoms with Gasteiger partial charge in [-0.25, -0.2) is 0 Å². The lowest BCUT2D eigenvalue weighted by atomic mass is 9.98. The Bertz CT molecular complexity index is 1870. The Balaban J connectivity index is 1.44. The van der Waals surface area contributed by atoms with Gasteiger partial charge in [0.05, 0.1) is 0 Å². The van der Waals surface area contributed by atoms with Gasteiger partial charge < -0.3 is 32.0 Å². The number of amides is 4. The topological polar surface area (TPSA) is 163 Å². The van der Waals surface area contributed by atoms with E-state index in [2.05, 4.69) is 15.6 Å². The van der Waals surface area contributed by atoms with E-state index >= 15 is 0 Å². The minimum Gasteiger partial charge on any atom is -0.368 e. The number of likely N-dealkylation sites (N-methyl/N-ethyl adjacent to an activating group) is 1. The summed E-state index contributed by atoms with van der Waals surface area (Å²) in [5, 5.41) is 8.66. The second-order valence-electron chi connectivity index (χ2n) is 11.7. The molecule has 7 N–H and O–H groups in total. The van der Waals surface area contributed by atoms with Gasteiger partial charge in [-0.2, -0.15) is 0 Å². The molecule has 47 heavy (non-hydrogen) atoms. The number of primary amides is 1. The Morgan fingerprint density at radius 3 is 2.17 bits per heavy atom. The van der Waals surface area contributed by atoms with E-state index in [1.54, 1.807) is 13.2 Å². The minimum absolute atomic E-state index is 0.0665. The average molecular weight is 633 g/mol. The van der Waals surface area contributed by atoms with Crippen molar-refractivity contribution in [2.45, 2.75) is 43.8 Å². The summed E-state index contributed by atoms with van der Waals surface area (Å²) in [7, 11) is 1.57. The van der Waals surface area contributed by atoms with Crippen LogP contribution in [0.25, 0.3) is 21.7 Å². The number of rotatable bonds is 14. The van der Waals surface area contributed by atoms with Crippen molar-refractivity contribution >= 4 is 45.3 Å². The first-order chi connectivity index (χ1) is 22.7. The van der Waals surface area contributed by atoms with Crippen LogP contribution in [0.5, 0.6) is 0 Å². The number of nitrogens with one attached hydrogen (secondary N) is 3. The van der Waals surface area contributed by atoms with Gasteiger partial charge in [-0.05, 0) is 33.5 Å². The van der Waals surface area contributed by atoms with Gasteiger partial charge in [0.2, 0.25) is 23.6 Å². The molecule has 3 atom stereocenters. The normalized spacial score (nSPS) is 13.1. The molecular formula is C37H40N6O4. The number of benzene rings is 4. The van der Waals surface area contributed by atoms with E-state index in [1.165, 1.54) is 4.90 Å². The van der Waals surface area contributed by atoms with Gasteiger partial charge in [0.25, 0.3) is 0 Å². The van der Waals surface area contributed by atoms with E-state index in [-0.39, 0.29) is 38.1 Å². The van der Waals surface area contributed by atoms with Crippen LogP contribution in [-0.2, 0) is 38.4 Å². The van der Waals surface area contributed by atoms with Crippen LogP contribution in [0.15, 0.2) is 103 Å². The third-order valence-corrected chi connectivity index (χ3v) is 8.44. The van der Waals surface area contributed by atoms with Gasteiger partial charge in [-0.15, -0.1) is 0 Å². The van der Waals surface area contributed by atoms with Crippen molar-refractivity contribution in [1.29, 1.82) is 0 Å². The summed E-state index contributed by atoms with van der Waals surface area (Å²) in [5.41, 5.74) is 14.8. The molecule has 0 bridgehead atoms. The number of carbonyl (C=O) groups is 4. The molecular weight excluding hydrogens is 592 g/mol. The number of aromatic amines is 1. The maximum Gasteiger partial charge on any atom is 0.243 e. The van der Waals surface area contributed by atoms with Gasteiger partial charge in [0.1, 0.15) is 18.1 Å². The van der Waals surface area contributed by atoms with E-state index in [9.17, 15) is 19.2 Å². The Morgan fingerprint density at radius 2 is 1.43 bits per heavy atom. The number of hydrogen-bond acceptors (Lipinski definition) is 5. The lowest BCUT2D eigenvalue weighted by Gasteiger charge is -2.30. The zero-order valence-corrected chi connectivity index (χ0v) is 26.3. The molecule has 0 aliphatic rings. The summed E-state index contributed by atoms with van der Waals surface area (Å²) >= 11 is 0. The number of hydrogen-bond donors (Lipinski definition) is 5. The van der Waals surface area contributed by atoms with Crippen molar-refractivity contribution in [2.75, 3.05) is 13.6 Å². The van der Waals surface area contributed by atoms with Crippen LogP contribution >= 0.6 is 0 Å². The van der Waals surface area contributed by atoms with Crippen LogP contribution in [0.4, 0.5) is 0 Å². The summed E-state index contributed by atoms with van der Waals surface area (Å²) < 4.78 is 0. The van der Waals surface area contributed by atoms with Gasteiger partial charge in [-0.1, -0.05) is 91.0 Å². The monoisotopic (exact) mass is 632 g/mol. The number of carbonyl (C=O) groups excluding carboxylic acids is 4. The van der Waals surface area contributed by atoms with Crippen molar-refractivity contribution in [2.24, 2.45) is 11.5 Å². The van der Waals surface area contributed by atoms with Crippen LogP contribution < -0.4 is 22.1 Å². The molecule has 242 valence electrons. The van der Waals surface area contributed by atoms with E-state index in [1.807, 2.05) is 97.1 Å². The molecule has 0 saturated heterocycles. The molecule has 0 fully saturated rings. The van der Waals surface area contributed by atoms with Crippen LogP contribution in [0, 0.1) is 0 Å². The highest BCUT2D eigenvalue weighted by Gasteiger charge is 2.32. The second kappa shape index (κ2) is 15.2. The molecule has 10 nitrogen and oxygen atoms in total. The fraction of sp³-hybridized carbons (Fsp3) is 0.243. The molecule has 5 aromatic rings. The summed E-state index contributed by atoms with van der Waals surface area (Å²) in [6.07, 6.45) is 2.40. The Kier molecular flexibility index (Phi) is 10.6. The number of para-hydroxylation sites is 1. The summed E-state index contributed by atoms with van der Waals surface area (Å²) in [6.45, 7) is 0.134. The Hall–Kier alpha value is -5.48. The molecule has 1 aromatic heterocycles. The standard InChI is InChI=1S/C37H40N6O4/c1-43(34(44)17-18-38)33(21-25-15-16-26-11-5-6-12-27(26)19-25)37(47)42-32(22-28-23-40-30-14-8-7-13-29(28)30)36(46)41-31(35(39)45)20-24-9-3-2-4-10-24/h2-16,19,23,31-33,40H,17-18,20-22,38H2,1H3,(H2,39,45)(H,41,46)(H,42,47)/t31-,32+,33+/m0/s1. The first-order valence-corrected chi connectivity index (χ1v) is 15.7. The highest BCUT2D eigenvalue weighted by atomic mass is 16.2. The van der Waals surface area contributed by atoms with Gasteiger partial charge in [0.15, 0.2) is 0 Å². The van der Waals surface area contributed by atoms with E-state index in [0.29, 0.717) is 0 Å². The van der Waals surface area contributed by atoms with Gasteiger partial charge >= 0.3 is 0 Å². The molecule has 0 radical (unpaired) electrons. The summed E-state index contributed by atoms with van der Waals surface area (Å²) in [4.78, 5) is 58.2. The highest BCUT2D eigenvalue weighted by Crippen LogP contribution is 2.21. The van der Waals surface area contributed by atoms with Crippen LogP contribution in [0.2, 0.25) is 0 Å².